The van der Waals surface area contributed by atoms with Crippen molar-refractivity contribution >= 4 is 0 Å². The predicted octanol–water partition coefficient (Wildman–Crippen LogP) is 2.41. The fourth-order valence-electron chi connectivity index (χ4n) is 0.568. The third kappa shape index (κ3) is 2.48. The predicted molar refractivity (Wildman–Crippen MR) is 40.4 cm³/mol. The number of rotatable bonds is 3. The molecule has 2 heteroatoms. The molecule has 0 aliphatic carbocycles. The van der Waals surface area contributed by atoms with Crippen molar-refractivity contribution in [1.29, 1.82) is 0 Å². The third-order valence-electron chi connectivity index (χ3n) is 1.59. The molecule has 0 aromatic carbocycles. The van der Waals surface area contributed by atoms with Gasteiger partial charge in [-0.25, -0.2) is 4.39 Å². The first kappa shape index (κ1) is 9.63. The van der Waals surface area contributed by atoms with Gasteiger partial charge in [-0.1, -0.05) is 19.9 Å². The quantitative estimate of drug-likeness (QED) is 0.648. The molecule has 0 saturated carbocycles. The topological polar surface area (TPSA) is 20.2 Å². The molecule has 0 radical (unpaired) electrons. The summed E-state index contributed by atoms with van der Waals surface area (Å²) in [5.74, 6) is -0.419. The van der Waals surface area contributed by atoms with E-state index in [1.807, 2.05) is 6.92 Å². The van der Waals surface area contributed by atoms with Gasteiger partial charge in [0, 0.05) is 0 Å². The summed E-state index contributed by atoms with van der Waals surface area (Å²) in [7, 11) is 0. The average molecular weight is 146 g/mol. The van der Waals surface area contributed by atoms with Crippen molar-refractivity contribution in [3.05, 3.63) is 11.9 Å². The van der Waals surface area contributed by atoms with E-state index < -0.39 is 11.4 Å². The summed E-state index contributed by atoms with van der Waals surface area (Å²) in [4.78, 5) is 0. The molecule has 1 atom stereocenters. The Labute approximate surface area is 61.6 Å². The number of halogens is 1. The Balaban J connectivity index is 4.17. The van der Waals surface area contributed by atoms with Crippen LogP contribution in [0, 0.1) is 0 Å². The molecule has 0 saturated heterocycles. The summed E-state index contributed by atoms with van der Waals surface area (Å²) in [5.41, 5.74) is -1.25. The van der Waals surface area contributed by atoms with E-state index in [-0.39, 0.29) is 0 Å². The van der Waals surface area contributed by atoms with Crippen molar-refractivity contribution in [3.8, 4) is 0 Å². The monoisotopic (exact) mass is 146 g/mol. The van der Waals surface area contributed by atoms with Gasteiger partial charge in [-0.2, -0.15) is 0 Å². The molecule has 60 valence electrons. The maximum absolute atomic E-state index is 12.8. The van der Waals surface area contributed by atoms with Gasteiger partial charge in [-0.15, -0.1) is 0 Å². The van der Waals surface area contributed by atoms with E-state index in [1.54, 1.807) is 6.92 Å². The highest BCUT2D eigenvalue weighted by molar-refractivity contribution is 5.05. The number of hydrogen-bond donors (Lipinski definition) is 1. The van der Waals surface area contributed by atoms with Crippen LogP contribution >= 0.6 is 0 Å². The van der Waals surface area contributed by atoms with Gasteiger partial charge in [0.15, 0.2) is 0 Å². The van der Waals surface area contributed by atoms with E-state index in [9.17, 15) is 9.50 Å². The summed E-state index contributed by atoms with van der Waals surface area (Å²) < 4.78 is 12.8. The number of aliphatic hydroxyl groups is 1. The van der Waals surface area contributed by atoms with Crippen LogP contribution in [0.25, 0.3) is 0 Å². The first-order valence-electron chi connectivity index (χ1n) is 3.63. The standard InChI is InChI=1S/C8H15FO/c1-4-6-7(9)8(3,10)5-2/h6,10H,4-5H2,1-3H3/b7-6+. The smallest absolute Gasteiger partial charge is 0.127 e. The Morgan fingerprint density at radius 2 is 2.10 bits per heavy atom. The number of hydrogen-bond acceptors (Lipinski definition) is 1. The van der Waals surface area contributed by atoms with Crippen LogP contribution in [0.4, 0.5) is 4.39 Å². The fourth-order valence-corrected chi connectivity index (χ4v) is 0.568. The molecule has 1 unspecified atom stereocenters. The van der Waals surface area contributed by atoms with E-state index in [0.29, 0.717) is 12.8 Å². The molecule has 1 nitrogen and oxygen atoms in total. The summed E-state index contributed by atoms with van der Waals surface area (Å²) >= 11 is 0. The van der Waals surface area contributed by atoms with Crippen LogP contribution in [-0.2, 0) is 0 Å². The van der Waals surface area contributed by atoms with Crippen LogP contribution in [0.3, 0.4) is 0 Å². The van der Waals surface area contributed by atoms with Crippen molar-refractivity contribution in [2.45, 2.75) is 39.2 Å². The molecule has 0 heterocycles. The van der Waals surface area contributed by atoms with Gasteiger partial charge in [0.05, 0.1) is 0 Å². The van der Waals surface area contributed by atoms with E-state index in [4.69, 9.17) is 0 Å². The molecule has 0 spiro atoms. The van der Waals surface area contributed by atoms with Gasteiger partial charge in [0.1, 0.15) is 11.4 Å². The maximum atomic E-state index is 12.8. The Morgan fingerprint density at radius 1 is 1.60 bits per heavy atom. The lowest BCUT2D eigenvalue weighted by molar-refractivity contribution is 0.0698. The number of allylic oxidation sites excluding steroid dienone is 1. The lowest BCUT2D eigenvalue weighted by Gasteiger charge is -2.18. The van der Waals surface area contributed by atoms with Gasteiger partial charge in [-0.05, 0) is 19.8 Å². The van der Waals surface area contributed by atoms with Crippen molar-refractivity contribution in [3.63, 3.8) is 0 Å². The second-order valence-electron chi connectivity index (χ2n) is 2.59. The van der Waals surface area contributed by atoms with Gasteiger partial charge in [-0.3, -0.25) is 0 Å². The highest BCUT2D eigenvalue weighted by atomic mass is 19.1. The van der Waals surface area contributed by atoms with Crippen LogP contribution in [0.5, 0.6) is 0 Å². The Kier molecular flexibility index (Phi) is 3.58. The van der Waals surface area contributed by atoms with E-state index >= 15 is 0 Å². The molecule has 0 aliphatic rings. The molecular weight excluding hydrogens is 131 g/mol. The highest BCUT2D eigenvalue weighted by Gasteiger charge is 2.22. The SMILES string of the molecule is CC/C=C(/F)C(C)(O)CC. The molecule has 10 heavy (non-hydrogen) atoms. The zero-order chi connectivity index (χ0) is 8.20. The van der Waals surface area contributed by atoms with Gasteiger partial charge < -0.3 is 5.11 Å². The van der Waals surface area contributed by atoms with Crippen LogP contribution in [0.2, 0.25) is 0 Å². The first-order valence-corrected chi connectivity index (χ1v) is 3.63. The first-order chi connectivity index (χ1) is 4.54. The van der Waals surface area contributed by atoms with E-state index in [0.717, 1.165) is 0 Å². The van der Waals surface area contributed by atoms with Crippen molar-refractivity contribution in [1.82, 2.24) is 0 Å². The van der Waals surface area contributed by atoms with E-state index in [2.05, 4.69) is 0 Å². The van der Waals surface area contributed by atoms with Crippen molar-refractivity contribution < 1.29 is 9.50 Å². The minimum atomic E-state index is -1.25. The zero-order valence-corrected chi connectivity index (χ0v) is 6.82. The van der Waals surface area contributed by atoms with Crippen LogP contribution in [0.1, 0.15) is 33.6 Å². The zero-order valence-electron chi connectivity index (χ0n) is 6.82. The Morgan fingerprint density at radius 3 is 2.40 bits per heavy atom. The Bertz CT molecular complexity index is 127. The maximum Gasteiger partial charge on any atom is 0.127 e. The summed E-state index contributed by atoms with van der Waals surface area (Å²) in [6, 6.07) is 0. The minimum Gasteiger partial charge on any atom is -0.383 e. The van der Waals surface area contributed by atoms with Crippen molar-refractivity contribution in [2.75, 3.05) is 0 Å². The fraction of sp³-hybridized carbons (Fsp3) is 0.750. The van der Waals surface area contributed by atoms with Crippen LogP contribution in [-0.4, -0.2) is 10.7 Å². The average Bonchev–Trinajstić information content (AvgIpc) is 1.89. The largest absolute Gasteiger partial charge is 0.383 e. The van der Waals surface area contributed by atoms with Gasteiger partial charge in [0.25, 0.3) is 0 Å². The minimum absolute atomic E-state index is 0.412. The molecule has 0 aromatic rings. The molecule has 0 aromatic heterocycles. The lowest BCUT2D eigenvalue weighted by Crippen LogP contribution is -2.23. The second kappa shape index (κ2) is 3.71. The second-order valence-corrected chi connectivity index (χ2v) is 2.59. The molecule has 1 N–H and O–H groups in total. The molecule has 0 amide bonds. The molecular formula is C8H15FO. The third-order valence-corrected chi connectivity index (χ3v) is 1.59. The van der Waals surface area contributed by atoms with Crippen molar-refractivity contribution in [2.24, 2.45) is 0 Å². The Hall–Kier alpha value is -0.370. The normalized spacial score (nSPS) is 18.7. The summed E-state index contributed by atoms with van der Waals surface area (Å²) in [6.07, 6.45) is 2.45. The molecule has 0 bridgehead atoms. The molecule has 0 rings (SSSR count). The van der Waals surface area contributed by atoms with Crippen LogP contribution in [0.15, 0.2) is 11.9 Å². The van der Waals surface area contributed by atoms with Crippen LogP contribution < -0.4 is 0 Å². The summed E-state index contributed by atoms with van der Waals surface area (Å²) in [5, 5.41) is 9.28. The van der Waals surface area contributed by atoms with Gasteiger partial charge >= 0.3 is 0 Å². The van der Waals surface area contributed by atoms with Gasteiger partial charge in [0.2, 0.25) is 0 Å². The summed E-state index contributed by atoms with van der Waals surface area (Å²) in [6.45, 7) is 5.07. The molecule has 0 fully saturated rings. The van der Waals surface area contributed by atoms with E-state index in [1.165, 1.54) is 13.0 Å². The lowest BCUT2D eigenvalue weighted by atomic mass is 10.0. The highest BCUT2D eigenvalue weighted by Crippen LogP contribution is 2.21. The molecule has 0 aliphatic heterocycles.